The first-order valence-electron chi connectivity index (χ1n) is 6.78. The lowest BCUT2D eigenvalue weighted by Crippen LogP contribution is -2.15. The van der Waals surface area contributed by atoms with Gasteiger partial charge in [0.25, 0.3) is 0 Å². The van der Waals surface area contributed by atoms with Crippen LogP contribution in [0.1, 0.15) is 22.3 Å². The summed E-state index contributed by atoms with van der Waals surface area (Å²) in [5.41, 5.74) is 11.2. The molecule has 1 amide bonds. The van der Waals surface area contributed by atoms with Gasteiger partial charge >= 0.3 is 0 Å². The normalized spacial score (nSPS) is 10.5. The fourth-order valence-corrected chi connectivity index (χ4v) is 2.30. The number of hydrogen-bond donors (Lipinski definition) is 2. The fourth-order valence-electron chi connectivity index (χ4n) is 2.13. The summed E-state index contributed by atoms with van der Waals surface area (Å²) in [6.45, 7) is 5.98. The van der Waals surface area contributed by atoms with Crippen LogP contribution in [0.15, 0.2) is 30.3 Å². The second kappa shape index (κ2) is 6.19. The summed E-state index contributed by atoms with van der Waals surface area (Å²) < 4.78 is 0. The van der Waals surface area contributed by atoms with Crippen LogP contribution in [0.2, 0.25) is 5.02 Å². The number of carbonyl (C=O) groups is 1. The lowest BCUT2D eigenvalue weighted by molar-refractivity contribution is -0.115. The molecule has 0 saturated carbocycles. The molecule has 2 aromatic carbocycles. The minimum Gasteiger partial charge on any atom is -0.398 e. The van der Waals surface area contributed by atoms with Crippen LogP contribution in [-0.4, -0.2) is 5.91 Å². The standard InChI is InChI=1S/C17H19ClN2O/c1-10-4-5-13(6-11(10)2)8-17(21)20-16-9-14(18)15(19)7-12(16)3/h4-7,9H,8,19H2,1-3H3,(H,20,21). The van der Waals surface area contributed by atoms with Gasteiger partial charge in [-0.3, -0.25) is 4.79 Å². The van der Waals surface area contributed by atoms with Crippen LogP contribution in [0.5, 0.6) is 0 Å². The molecule has 0 atom stereocenters. The Balaban J connectivity index is 2.11. The zero-order valence-electron chi connectivity index (χ0n) is 12.5. The van der Waals surface area contributed by atoms with E-state index in [4.69, 9.17) is 17.3 Å². The van der Waals surface area contributed by atoms with Gasteiger partial charge in [0.1, 0.15) is 0 Å². The lowest BCUT2D eigenvalue weighted by Gasteiger charge is -2.11. The van der Waals surface area contributed by atoms with Crippen LogP contribution in [0.4, 0.5) is 11.4 Å². The molecular formula is C17H19ClN2O. The molecule has 0 aliphatic rings. The monoisotopic (exact) mass is 302 g/mol. The van der Waals surface area contributed by atoms with Crippen molar-refractivity contribution < 1.29 is 4.79 Å². The molecule has 2 aromatic rings. The van der Waals surface area contributed by atoms with E-state index in [1.807, 2.05) is 32.0 Å². The van der Waals surface area contributed by atoms with Gasteiger partial charge in [0.05, 0.1) is 17.1 Å². The number of amides is 1. The van der Waals surface area contributed by atoms with Crippen molar-refractivity contribution in [3.05, 3.63) is 57.6 Å². The molecule has 0 spiro atoms. The molecule has 21 heavy (non-hydrogen) atoms. The Morgan fingerprint density at radius 3 is 2.48 bits per heavy atom. The third-order valence-corrected chi connectivity index (χ3v) is 3.88. The molecule has 0 fully saturated rings. The fraction of sp³-hybridized carbons (Fsp3) is 0.235. The topological polar surface area (TPSA) is 55.1 Å². The number of carbonyl (C=O) groups excluding carboxylic acids is 1. The average Bonchev–Trinajstić information content (AvgIpc) is 2.40. The van der Waals surface area contributed by atoms with Crippen LogP contribution >= 0.6 is 11.6 Å². The van der Waals surface area contributed by atoms with E-state index < -0.39 is 0 Å². The maximum Gasteiger partial charge on any atom is 0.228 e. The Labute approximate surface area is 130 Å². The number of halogens is 1. The predicted octanol–water partition coefficient (Wildman–Crippen LogP) is 4.03. The number of benzene rings is 2. The van der Waals surface area contributed by atoms with Crippen LogP contribution in [-0.2, 0) is 11.2 Å². The van der Waals surface area contributed by atoms with Gasteiger partial charge in [0.15, 0.2) is 0 Å². The van der Waals surface area contributed by atoms with Gasteiger partial charge in [0.2, 0.25) is 5.91 Å². The Hall–Kier alpha value is -2.00. The smallest absolute Gasteiger partial charge is 0.228 e. The van der Waals surface area contributed by atoms with E-state index in [1.54, 1.807) is 12.1 Å². The van der Waals surface area contributed by atoms with E-state index >= 15 is 0 Å². The number of aryl methyl sites for hydroxylation is 3. The number of nitrogens with two attached hydrogens (primary N) is 1. The summed E-state index contributed by atoms with van der Waals surface area (Å²) in [5, 5.41) is 3.33. The maximum absolute atomic E-state index is 12.1. The predicted molar refractivity (Wildman–Crippen MR) is 88.9 cm³/mol. The summed E-state index contributed by atoms with van der Waals surface area (Å²) in [6.07, 6.45) is 0.336. The molecule has 110 valence electrons. The summed E-state index contributed by atoms with van der Waals surface area (Å²) in [4.78, 5) is 12.1. The van der Waals surface area contributed by atoms with Crippen LogP contribution < -0.4 is 11.1 Å². The molecule has 0 aliphatic carbocycles. The SMILES string of the molecule is Cc1ccc(CC(=O)Nc2cc(Cl)c(N)cc2C)cc1C. The number of nitrogen functional groups attached to an aromatic ring is 1. The number of anilines is 2. The van der Waals surface area contributed by atoms with E-state index in [-0.39, 0.29) is 5.91 Å². The summed E-state index contributed by atoms with van der Waals surface area (Å²) >= 11 is 5.99. The first-order chi connectivity index (χ1) is 9.86. The van der Waals surface area contributed by atoms with Gasteiger partial charge in [0, 0.05) is 5.69 Å². The highest BCUT2D eigenvalue weighted by molar-refractivity contribution is 6.33. The van der Waals surface area contributed by atoms with E-state index in [2.05, 4.69) is 12.2 Å². The molecule has 0 aromatic heterocycles. The van der Waals surface area contributed by atoms with Crippen molar-refractivity contribution in [2.75, 3.05) is 11.1 Å². The number of hydrogen-bond acceptors (Lipinski definition) is 2. The minimum atomic E-state index is -0.0674. The van der Waals surface area contributed by atoms with E-state index in [0.29, 0.717) is 22.8 Å². The zero-order chi connectivity index (χ0) is 15.6. The van der Waals surface area contributed by atoms with E-state index in [9.17, 15) is 4.79 Å². The van der Waals surface area contributed by atoms with Crippen molar-refractivity contribution in [1.82, 2.24) is 0 Å². The van der Waals surface area contributed by atoms with Crippen LogP contribution in [0, 0.1) is 20.8 Å². The third kappa shape index (κ3) is 3.76. The minimum absolute atomic E-state index is 0.0674. The van der Waals surface area contributed by atoms with Crippen molar-refractivity contribution in [2.24, 2.45) is 0 Å². The zero-order valence-corrected chi connectivity index (χ0v) is 13.2. The molecule has 0 heterocycles. The Morgan fingerprint density at radius 2 is 1.81 bits per heavy atom. The molecule has 4 heteroatoms. The highest BCUT2D eigenvalue weighted by Gasteiger charge is 2.09. The highest BCUT2D eigenvalue weighted by Crippen LogP contribution is 2.26. The van der Waals surface area contributed by atoms with Gasteiger partial charge in [-0.2, -0.15) is 0 Å². The Morgan fingerprint density at radius 1 is 1.10 bits per heavy atom. The summed E-state index contributed by atoms with van der Waals surface area (Å²) in [7, 11) is 0. The average molecular weight is 303 g/mol. The largest absolute Gasteiger partial charge is 0.398 e. The van der Waals surface area contributed by atoms with Crippen LogP contribution in [0.25, 0.3) is 0 Å². The van der Waals surface area contributed by atoms with Crippen molar-refractivity contribution in [1.29, 1.82) is 0 Å². The van der Waals surface area contributed by atoms with Gasteiger partial charge in [-0.25, -0.2) is 0 Å². The van der Waals surface area contributed by atoms with Gasteiger partial charge in [-0.05, 0) is 55.2 Å². The van der Waals surface area contributed by atoms with Crippen molar-refractivity contribution in [3.63, 3.8) is 0 Å². The highest BCUT2D eigenvalue weighted by atomic mass is 35.5. The Bertz CT molecular complexity index is 695. The quantitative estimate of drug-likeness (QED) is 0.841. The summed E-state index contributed by atoms with van der Waals surface area (Å²) in [5.74, 6) is -0.0674. The van der Waals surface area contributed by atoms with Gasteiger partial charge in [-0.1, -0.05) is 29.8 Å². The molecule has 0 bridgehead atoms. The van der Waals surface area contributed by atoms with Crippen molar-refractivity contribution in [3.8, 4) is 0 Å². The summed E-state index contributed by atoms with van der Waals surface area (Å²) in [6, 6.07) is 9.49. The van der Waals surface area contributed by atoms with Crippen LogP contribution in [0.3, 0.4) is 0 Å². The molecule has 2 rings (SSSR count). The molecule has 0 saturated heterocycles. The van der Waals surface area contributed by atoms with Gasteiger partial charge in [-0.15, -0.1) is 0 Å². The van der Waals surface area contributed by atoms with E-state index in [1.165, 1.54) is 11.1 Å². The van der Waals surface area contributed by atoms with Crippen molar-refractivity contribution >= 4 is 28.9 Å². The first kappa shape index (κ1) is 15.4. The molecule has 0 radical (unpaired) electrons. The second-order valence-corrected chi connectivity index (χ2v) is 5.74. The second-order valence-electron chi connectivity index (χ2n) is 5.33. The molecule has 0 unspecified atom stereocenters. The molecule has 0 aliphatic heterocycles. The number of rotatable bonds is 3. The third-order valence-electron chi connectivity index (χ3n) is 3.55. The Kier molecular flexibility index (Phi) is 4.53. The number of nitrogens with one attached hydrogen (secondary N) is 1. The molecular weight excluding hydrogens is 284 g/mol. The van der Waals surface area contributed by atoms with Crippen molar-refractivity contribution in [2.45, 2.75) is 27.2 Å². The first-order valence-corrected chi connectivity index (χ1v) is 7.16. The van der Waals surface area contributed by atoms with E-state index in [0.717, 1.165) is 11.1 Å². The maximum atomic E-state index is 12.1. The molecule has 3 N–H and O–H groups in total. The van der Waals surface area contributed by atoms with Gasteiger partial charge < -0.3 is 11.1 Å². The lowest BCUT2D eigenvalue weighted by atomic mass is 10.0. The molecule has 3 nitrogen and oxygen atoms in total.